The molecule has 0 fully saturated rings. The molecule has 0 saturated carbocycles. The molecule has 0 aliphatic rings. The van der Waals surface area contributed by atoms with E-state index in [0.717, 1.165) is 5.56 Å². The van der Waals surface area contributed by atoms with Gasteiger partial charge in [-0.15, -0.1) is 0 Å². The van der Waals surface area contributed by atoms with Crippen molar-refractivity contribution in [2.24, 2.45) is 0 Å². The van der Waals surface area contributed by atoms with Crippen molar-refractivity contribution in [1.29, 1.82) is 5.26 Å². The predicted octanol–water partition coefficient (Wildman–Crippen LogP) is 1.80. The Labute approximate surface area is 115 Å². The minimum atomic E-state index is -0.570. The molecule has 104 valence electrons. The maximum absolute atomic E-state index is 9.90. The molecule has 0 aromatic heterocycles. The molecule has 1 aromatic rings. The first-order valence-electron chi connectivity index (χ1n) is 6.54. The van der Waals surface area contributed by atoms with Crippen molar-refractivity contribution in [3.05, 3.63) is 35.9 Å². The van der Waals surface area contributed by atoms with Crippen LogP contribution in [0.2, 0.25) is 0 Å². The van der Waals surface area contributed by atoms with Crippen LogP contribution in [0.5, 0.6) is 0 Å². The third-order valence-corrected chi connectivity index (χ3v) is 2.87. The predicted molar refractivity (Wildman–Crippen MR) is 74.4 cm³/mol. The Balaban J connectivity index is 2.27. The van der Waals surface area contributed by atoms with Gasteiger partial charge in [-0.05, 0) is 19.4 Å². The lowest BCUT2D eigenvalue weighted by Gasteiger charge is -2.26. The Morgan fingerprint density at radius 1 is 1.32 bits per heavy atom. The molecule has 0 bridgehead atoms. The van der Waals surface area contributed by atoms with E-state index in [1.165, 1.54) is 0 Å². The van der Waals surface area contributed by atoms with E-state index in [1.54, 1.807) is 0 Å². The maximum Gasteiger partial charge on any atom is 0.0900 e. The van der Waals surface area contributed by atoms with Gasteiger partial charge in [0.15, 0.2) is 0 Å². The van der Waals surface area contributed by atoms with Crippen LogP contribution in [0.4, 0.5) is 0 Å². The molecular weight excluding hydrogens is 240 g/mol. The molecule has 0 aliphatic heterocycles. The van der Waals surface area contributed by atoms with E-state index in [4.69, 9.17) is 10.00 Å². The highest BCUT2D eigenvalue weighted by Gasteiger charge is 2.14. The SMILES string of the molecule is CC(C)N(CC#N)CC(O)COCc1ccccc1. The van der Waals surface area contributed by atoms with Gasteiger partial charge in [0.1, 0.15) is 0 Å². The Kier molecular flexibility index (Phi) is 7.12. The molecule has 1 aromatic carbocycles. The normalized spacial score (nSPS) is 12.6. The van der Waals surface area contributed by atoms with E-state index in [-0.39, 0.29) is 12.6 Å². The van der Waals surface area contributed by atoms with Crippen molar-refractivity contribution in [2.75, 3.05) is 19.7 Å². The van der Waals surface area contributed by atoms with Crippen molar-refractivity contribution in [3.8, 4) is 6.07 Å². The highest BCUT2D eigenvalue weighted by Crippen LogP contribution is 2.03. The first kappa shape index (κ1) is 15.6. The monoisotopic (exact) mass is 262 g/mol. The zero-order valence-electron chi connectivity index (χ0n) is 11.6. The maximum atomic E-state index is 9.90. The quantitative estimate of drug-likeness (QED) is 0.726. The second kappa shape index (κ2) is 8.65. The van der Waals surface area contributed by atoms with Gasteiger partial charge in [0.05, 0.1) is 31.9 Å². The second-order valence-corrected chi connectivity index (χ2v) is 4.84. The molecular formula is C15H22N2O2. The first-order chi connectivity index (χ1) is 9.13. The van der Waals surface area contributed by atoms with E-state index < -0.39 is 6.10 Å². The van der Waals surface area contributed by atoms with Crippen LogP contribution in [0.3, 0.4) is 0 Å². The zero-order valence-corrected chi connectivity index (χ0v) is 11.6. The Morgan fingerprint density at radius 2 is 2.00 bits per heavy atom. The minimum Gasteiger partial charge on any atom is -0.389 e. The summed E-state index contributed by atoms with van der Waals surface area (Å²) in [5.41, 5.74) is 1.09. The molecule has 1 atom stereocenters. The molecule has 1 unspecified atom stereocenters. The van der Waals surface area contributed by atoms with Crippen LogP contribution in [0.1, 0.15) is 19.4 Å². The number of nitriles is 1. The van der Waals surface area contributed by atoms with Crippen molar-refractivity contribution < 1.29 is 9.84 Å². The summed E-state index contributed by atoms with van der Waals surface area (Å²) in [6, 6.07) is 12.2. The van der Waals surface area contributed by atoms with Crippen LogP contribution in [-0.2, 0) is 11.3 Å². The number of nitrogens with zero attached hydrogens (tertiary/aromatic N) is 2. The van der Waals surface area contributed by atoms with Crippen LogP contribution in [0.15, 0.2) is 30.3 Å². The Bertz CT molecular complexity index is 387. The molecule has 1 rings (SSSR count). The largest absolute Gasteiger partial charge is 0.389 e. The second-order valence-electron chi connectivity index (χ2n) is 4.84. The minimum absolute atomic E-state index is 0.239. The lowest BCUT2D eigenvalue weighted by molar-refractivity contribution is 0.00733. The summed E-state index contributed by atoms with van der Waals surface area (Å²) in [7, 11) is 0. The van der Waals surface area contributed by atoms with E-state index in [1.807, 2.05) is 49.1 Å². The third kappa shape index (κ3) is 6.35. The topological polar surface area (TPSA) is 56.5 Å². The highest BCUT2D eigenvalue weighted by molar-refractivity contribution is 5.13. The number of ether oxygens (including phenoxy) is 1. The van der Waals surface area contributed by atoms with Crippen LogP contribution in [0, 0.1) is 11.3 Å². The lowest BCUT2D eigenvalue weighted by atomic mass is 10.2. The molecule has 0 saturated heterocycles. The van der Waals surface area contributed by atoms with Gasteiger partial charge in [-0.3, -0.25) is 4.90 Å². The number of hydrogen-bond acceptors (Lipinski definition) is 4. The van der Waals surface area contributed by atoms with Crippen molar-refractivity contribution in [2.45, 2.75) is 32.6 Å². The van der Waals surface area contributed by atoms with E-state index in [0.29, 0.717) is 19.7 Å². The molecule has 0 heterocycles. The fourth-order valence-electron chi connectivity index (χ4n) is 1.76. The van der Waals surface area contributed by atoms with Crippen molar-refractivity contribution >= 4 is 0 Å². The first-order valence-corrected chi connectivity index (χ1v) is 6.54. The molecule has 19 heavy (non-hydrogen) atoms. The van der Waals surface area contributed by atoms with Gasteiger partial charge in [-0.2, -0.15) is 5.26 Å². The van der Waals surface area contributed by atoms with E-state index in [9.17, 15) is 5.11 Å². The molecule has 4 heteroatoms. The summed E-state index contributed by atoms with van der Waals surface area (Å²) < 4.78 is 5.48. The van der Waals surface area contributed by atoms with Gasteiger partial charge in [-0.1, -0.05) is 30.3 Å². The summed E-state index contributed by atoms with van der Waals surface area (Å²) in [6.07, 6.45) is -0.570. The van der Waals surface area contributed by atoms with E-state index >= 15 is 0 Å². The highest BCUT2D eigenvalue weighted by atomic mass is 16.5. The number of rotatable bonds is 8. The van der Waals surface area contributed by atoms with E-state index in [2.05, 4.69) is 6.07 Å². The molecule has 0 amide bonds. The van der Waals surface area contributed by atoms with Crippen molar-refractivity contribution in [1.82, 2.24) is 4.90 Å². The summed E-state index contributed by atoms with van der Waals surface area (Å²) in [5, 5.41) is 18.6. The Morgan fingerprint density at radius 3 is 2.58 bits per heavy atom. The fourth-order valence-corrected chi connectivity index (χ4v) is 1.76. The average Bonchev–Trinajstić information content (AvgIpc) is 2.39. The lowest BCUT2D eigenvalue weighted by Crippen LogP contribution is -2.39. The number of hydrogen-bond donors (Lipinski definition) is 1. The molecule has 1 N–H and O–H groups in total. The van der Waals surface area contributed by atoms with Crippen LogP contribution < -0.4 is 0 Å². The summed E-state index contributed by atoms with van der Waals surface area (Å²) in [4.78, 5) is 1.93. The summed E-state index contributed by atoms with van der Waals surface area (Å²) in [5.74, 6) is 0. The van der Waals surface area contributed by atoms with Crippen LogP contribution in [-0.4, -0.2) is 41.8 Å². The van der Waals surface area contributed by atoms with Gasteiger partial charge < -0.3 is 9.84 Å². The van der Waals surface area contributed by atoms with Crippen molar-refractivity contribution in [3.63, 3.8) is 0 Å². The third-order valence-electron chi connectivity index (χ3n) is 2.87. The summed E-state index contributed by atoms with van der Waals surface area (Å²) >= 11 is 0. The Hall–Kier alpha value is -1.41. The van der Waals surface area contributed by atoms with Crippen LogP contribution in [0.25, 0.3) is 0 Å². The van der Waals surface area contributed by atoms with Gasteiger partial charge in [0, 0.05) is 12.6 Å². The number of aliphatic hydroxyl groups is 1. The standard InChI is InChI=1S/C15H22N2O2/c1-13(2)17(9-8-16)10-15(18)12-19-11-14-6-4-3-5-7-14/h3-7,13,15,18H,9-12H2,1-2H3. The molecule has 0 spiro atoms. The fraction of sp³-hybridized carbons (Fsp3) is 0.533. The van der Waals surface area contributed by atoms with Gasteiger partial charge in [0.25, 0.3) is 0 Å². The molecule has 0 radical (unpaired) electrons. The number of benzene rings is 1. The molecule has 4 nitrogen and oxygen atoms in total. The van der Waals surface area contributed by atoms with Crippen LogP contribution >= 0.6 is 0 Å². The summed E-state index contributed by atoms with van der Waals surface area (Å²) in [6.45, 7) is 5.58. The smallest absolute Gasteiger partial charge is 0.0900 e. The average molecular weight is 262 g/mol. The number of aliphatic hydroxyl groups excluding tert-OH is 1. The van der Waals surface area contributed by atoms with Gasteiger partial charge >= 0.3 is 0 Å². The zero-order chi connectivity index (χ0) is 14.1. The van der Waals surface area contributed by atoms with Gasteiger partial charge in [0.2, 0.25) is 0 Å². The van der Waals surface area contributed by atoms with Gasteiger partial charge in [-0.25, -0.2) is 0 Å². The molecule has 0 aliphatic carbocycles.